The van der Waals surface area contributed by atoms with Gasteiger partial charge in [0.25, 0.3) is 5.91 Å². The zero-order valence-corrected chi connectivity index (χ0v) is 11.5. The van der Waals surface area contributed by atoms with Crippen molar-refractivity contribution in [3.05, 3.63) is 72.8 Å². The third-order valence-electron chi connectivity index (χ3n) is 3.15. The van der Waals surface area contributed by atoms with Crippen LogP contribution in [0.1, 0.15) is 10.6 Å². The molecule has 0 N–H and O–H groups in total. The fraction of sp³-hybridized carbons (Fsp3) is 0.0625. The Bertz CT molecular complexity index is 737. The predicted octanol–water partition coefficient (Wildman–Crippen LogP) is 2.54. The largest absolute Gasteiger partial charge is 0.309 e. The van der Waals surface area contributed by atoms with Crippen molar-refractivity contribution in [3.8, 4) is 5.69 Å². The second-order valence-electron chi connectivity index (χ2n) is 4.55. The van der Waals surface area contributed by atoms with Crippen molar-refractivity contribution in [1.82, 2.24) is 14.8 Å². The maximum absolute atomic E-state index is 12.4. The summed E-state index contributed by atoms with van der Waals surface area (Å²) in [5.74, 6) is -0.0684. The molecule has 0 aliphatic rings. The summed E-state index contributed by atoms with van der Waals surface area (Å²) in [4.78, 5) is 18.0. The van der Waals surface area contributed by atoms with Gasteiger partial charge in [-0.25, -0.2) is 9.67 Å². The molecule has 0 bridgehead atoms. The lowest BCUT2D eigenvalue weighted by atomic mass is 10.3. The number of anilines is 1. The third-order valence-corrected chi connectivity index (χ3v) is 3.15. The minimum atomic E-state index is -0.240. The topological polar surface area (TPSA) is 51.0 Å². The molecule has 0 aliphatic heterocycles. The lowest BCUT2D eigenvalue weighted by Gasteiger charge is -2.14. The Morgan fingerprint density at radius 3 is 2.29 bits per heavy atom. The summed E-state index contributed by atoms with van der Waals surface area (Å²) >= 11 is 0. The summed E-state index contributed by atoms with van der Waals surface area (Å²) in [6, 6.07) is 19.0. The highest BCUT2D eigenvalue weighted by Gasteiger charge is 2.18. The van der Waals surface area contributed by atoms with Crippen molar-refractivity contribution in [2.45, 2.75) is 0 Å². The second kappa shape index (κ2) is 5.58. The van der Waals surface area contributed by atoms with Crippen LogP contribution >= 0.6 is 0 Å². The van der Waals surface area contributed by atoms with Gasteiger partial charge in [-0.3, -0.25) is 4.79 Å². The van der Waals surface area contributed by atoms with E-state index in [0.717, 1.165) is 11.4 Å². The number of carbonyl (C=O) groups is 1. The van der Waals surface area contributed by atoms with Crippen LogP contribution in [-0.4, -0.2) is 27.7 Å². The van der Waals surface area contributed by atoms with E-state index in [2.05, 4.69) is 10.1 Å². The molecule has 1 aromatic heterocycles. The van der Waals surface area contributed by atoms with Crippen LogP contribution in [0.3, 0.4) is 0 Å². The van der Waals surface area contributed by atoms with E-state index in [1.54, 1.807) is 18.1 Å². The number of carbonyl (C=O) groups excluding carboxylic acids is 1. The quantitative estimate of drug-likeness (QED) is 0.739. The zero-order chi connectivity index (χ0) is 14.7. The average molecular weight is 278 g/mol. The second-order valence-corrected chi connectivity index (χ2v) is 4.55. The molecule has 0 saturated heterocycles. The predicted molar refractivity (Wildman–Crippen MR) is 80.5 cm³/mol. The summed E-state index contributed by atoms with van der Waals surface area (Å²) in [6.45, 7) is 0. The lowest BCUT2D eigenvalue weighted by Crippen LogP contribution is -2.27. The number of amides is 1. The molecule has 1 heterocycles. The van der Waals surface area contributed by atoms with Crippen molar-refractivity contribution in [2.75, 3.05) is 11.9 Å². The highest BCUT2D eigenvalue weighted by molar-refractivity contribution is 6.03. The molecule has 2 aromatic carbocycles. The van der Waals surface area contributed by atoms with Gasteiger partial charge in [0, 0.05) is 12.7 Å². The Kier molecular flexibility index (Phi) is 3.47. The molecule has 0 radical (unpaired) electrons. The lowest BCUT2D eigenvalue weighted by molar-refractivity contribution is 0.0983. The van der Waals surface area contributed by atoms with Gasteiger partial charge in [0.2, 0.25) is 5.82 Å². The molecule has 21 heavy (non-hydrogen) atoms. The van der Waals surface area contributed by atoms with Gasteiger partial charge in [-0.05, 0) is 24.3 Å². The fourth-order valence-electron chi connectivity index (χ4n) is 1.99. The minimum absolute atomic E-state index is 0.171. The van der Waals surface area contributed by atoms with Crippen molar-refractivity contribution in [3.63, 3.8) is 0 Å². The molecule has 3 aromatic rings. The first-order chi connectivity index (χ1) is 10.3. The summed E-state index contributed by atoms with van der Waals surface area (Å²) < 4.78 is 1.59. The normalized spacial score (nSPS) is 10.3. The molecule has 1 amide bonds. The van der Waals surface area contributed by atoms with Gasteiger partial charge in [0.05, 0.1) is 5.69 Å². The van der Waals surface area contributed by atoms with Crippen LogP contribution in [0, 0.1) is 0 Å². The molecule has 0 saturated carbocycles. The van der Waals surface area contributed by atoms with Gasteiger partial charge in [0.15, 0.2) is 0 Å². The van der Waals surface area contributed by atoms with E-state index in [0.29, 0.717) is 0 Å². The maximum atomic E-state index is 12.4. The molecule has 5 heteroatoms. The Balaban J connectivity index is 1.85. The van der Waals surface area contributed by atoms with Crippen LogP contribution in [0.5, 0.6) is 0 Å². The van der Waals surface area contributed by atoms with Crippen LogP contribution < -0.4 is 4.90 Å². The van der Waals surface area contributed by atoms with Crippen LogP contribution in [0.2, 0.25) is 0 Å². The summed E-state index contributed by atoms with van der Waals surface area (Å²) in [6.07, 6.45) is 1.54. The number of aromatic nitrogens is 3. The molecule has 0 fully saturated rings. The molecule has 104 valence electrons. The van der Waals surface area contributed by atoms with E-state index in [9.17, 15) is 4.79 Å². The van der Waals surface area contributed by atoms with E-state index in [1.165, 1.54) is 4.90 Å². The Morgan fingerprint density at radius 1 is 1.00 bits per heavy atom. The Morgan fingerprint density at radius 2 is 1.62 bits per heavy atom. The van der Waals surface area contributed by atoms with Crippen LogP contribution in [0.25, 0.3) is 5.69 Å². The van der Waals surface area contributed by atoms with Gasteiger partial charge in [-0.2, -0.15) is 0 Å². The van der Waals surface area contributed by atoms with Crippen LogP contribution in [0.4, 0.5) is 5.69 Å². The Labute approximate surface area is 122 Å². The van der Waals surface area contributed by atoms with Gasteiger partial charge in [-0.1, -0.05) is 36.4 Å². The number of nitrogens with zero attached hydrogens (tertiary/aromatic N) is 4. The molecule has 0 unspecified atom stereocenters. The minimum Gasteiger partial charge on any atom is -0.309 e. The van der Waals surface area contributed by atoms with E-state index < -0.39 is 0 Å². The molecule has 0 aliphatic carbocycles. The van der Waals surface area contributed by atoms with E-state index in [4.69, 9.17) is 0 Å². The first kappa shape index (κ1) is 13.1. The standard InChI is InChI=1S/C16H14N4O/c1-19(13-8-4-2-5-9-13)16(21)15-17-12-20(18-15)14-10-6-3-7-11-14/h2-12H,1H3. The molecule has 0 spiro atoms. The smallest absolute Gasteiger partial charge is 0.297 e. The van der Waals surface area contributed by atoms with Crippen molar-refractivity contribution >= 4 is 11.6 Å². The fourth-order valence-corrected chi connectivity index (χ4v) is 1.99. The summed E-state index contributed by atoms with van der Waals surface area (Å²) in [5.41, 5.74) is 1.67. The summed E-state index contributed by atoms with van der Waals surface area (Å²) in [5, 5.41) is 4.24. The van der Waals surface area contributed by atoms with Gasteiger partial charge < -0.3 is 4.90 Å². The van der Waals surface area contributed by atoms with Gasteiger partial charge in [0.1, 0.15) is 6.33 Å². The van der Waals surface area contributed by atoms with Gasteiger partial charge in [-0.15, -0.1) is 5.10 Å². The number of rotatable bonds is 3. The monoisotopic (exact) mass is 278 g/mol. The molecule has 3 rings (SSSR count). The molecule has 5 nitrogen and oxygen atoms in total. The Hall–Kier alpha value is -2.95. The number of benzene rings is 2. The van der Waals surface area contributed by atoms with Crippen LogP contribution in [-0.2, 0) is 0 Å². The average Bonchev–Trinajstić information content (AvgIpc) is 3.05. The molecule has 0 atom stereocenters. The number of hydrogen-bond donors (Lipinski definition) is 0. The van der Waals surface area contributed by atoms with Crippen molar-refractivity contribution in [2.24, 2.45) is 0 Å². The highest BCUT2D eigenvalue weighted by Crippen LogP contribution is 2.13. The zero-order valence-electron chi connectivity index (χ0n) is 11.5. The van der Waals surface area contributed by atoms with Crippen molar-refractivity contribution in [1.29, 1.82) is 0 Å². The first-order valence-corrected chi connectivity index (χ1v) is 6.56. The highest BCUT2D eigenvalue weighted by atomic mass is 16.2. The summed E-state index contributed by atoms with van der Waals surface area (Å²) in [7, 11) is 1.71. The van der Waals surface area contributed by atoms with E-state index >= 15 is 0 Å². The van der Waals surface area contributed by atoms with Crippen LogP contribution in [0.15, 0.2) is 67.0 Å². The number of para-hydroxylation sites is 2. The molecular formula is C16H14N4O. The molecular weight excluding hydrogens is 264 g/mol. The first-order valence-electron chi connectivity index (χ1n) is 6.56. The van der Waals surface area contributed by atoms with Crippen molar-refractivity contribution < 1.29 is 4.79 Å². The maximum Gasteiger partial charge on any atom is 0.297 e. The third kappa shape index (κ3) is 2.67. The van der Waals surface area contributed by atoms with Gasteiger partial charge >= 0.3 is 0 Å². The number of hydrogen-bond acceptors (Lipinski definition) is 3. The van der Waals surface area contributed by atoms with E-state index in [-0.39, 0.29) is 11.7 Å². The SMILES string of the molecule is CN(C(=O)c1ncn(-c2ccccc2)n1)c1ccccc1. The van der Waals surface area contributed by atoms with E-state index in [1.807, 2.05) is 60.7 Å².